The third kappa shape index (κ3) is 2.99. The standard InChI is InChI=1S/C6H13O2/c1-6(2,4-7)5-8-3/h5,7H,4H2,1-3H3. The molecule has 0 aromatic rings. The predicted molar refractivity (Wildman–Crippen MR) is 32.2 cm³/mol. The van der Waals surface area contributed by atoms with Gasteiger partial charge < -0.3 is 9.84 Å². The average molecular weight is 117 g/mol. The highest BCUT2D eigenvalue weighted by atomic mass is 16.5. The minimum absolute atomic E-state index is 0.126. The first-order valence-electron chi connectivity index (χ1n) is 2.60. The quantitative estimate of drug-likeness (QED) is 0.592. The number of ether oxygens (including phenoxy) is 1. The van der Waals surface area contributed by atoms with Crippen LogP contribution in [0.3, 0.4) is 0 Å². The van der Waals surface area contributed by atoms with Gasteiger partial charge in [0.2, 0.25) is 0 Å². The van der Waals surface area contributed by atoms with Gasteiger partial charge in [0.1, 0.15) is 0 Å². The van der Waals surface area contributed by atoms with Crippen molar-refractivity contribution in [3.8, 4) is 0 Å². The largest absolute Gasteiger partial charge is 0.396 e. The number of hydrogen-bond donors (Lipinski definition) is 1. The summed E-state index contributed by atoms with van der Waals surface area (Å²) in [6.45, 7) is 5.54. The van der Waals surface area contributed by atoms with Gasteiger partial charge in [-0.3, -0.25) is 0 Å². The van der Waals surface area contributed by atoms with E-state index in [2.05, 4.69) is 0 Å². The van der Waals surface area contributed by atoms with Crippen LogP contribution in [0.15, 0.2) is 0 Å². The van der Waals surface area contributed by atoms with Crippen molar-refractivity contribution in [3.05, 3.63) is 6.61 Å². The molecule has 0 aliphatic rings. The maximum Gasteiger partial charge on any atom is 0.0911 e. The third-order valence-corrected chi connectivity index (χ3v) is 0.844. The van der Waals surface area contributed by atoms with Crippen molar-refractivity contribution in [3.63, 3.8) is 0 Å². The van der Waals surface area contributed by atoms with Gasteiger partial charge in [-0.25, -0.2) is 0 Å². The second-order valence-electron chi connectivity index (χ2n) is 2.50. The van der Waals surface area contributed by atoms with Gasteiger partial charge in [-0.2, -0.15) is 0 Å². The van der Waals surface area contributed by atoms with Crippen LogP contribution in [0.2, 0.25) is 0 Å². The van der Waals surface area contributed by atoms with E-state index in [4.69, 9.17) is 9.84 Å². The van der Waals surface area contributed by atoms with Crippen LogP contribution < -0.4 is 0 Å². The van der Waals surface area contributed by atoms with Crippen LogP contribution in [0.25, 0.3) is 0 Å². The highest BCUT2D eigenvalue weighted by Crippen LogP contribution is 2.16. The Morgan fingerprint density at radius 1 is 1.62 bits per heavy atom. The van der Waals surface area contributed by atoms with E-state index in [-0.39, 0.29) is 12.0 Å². The van der Waals surface area contributed by atoms with Crippen LogP contribution in [0.5, 0.6) is 0 Å². The molecule has 0 aliphatic carbocycles. The SMILES string of the molecule is CO[CH]C(C)(C)CO. The molecule has 0 rings (SSSR count). The molecule has 0 aromatic heterocycles. The molecule has 0 bridgehead atoms. The van der Waals surface area contributed by atoms with Gasteiger partial charge in [0, 0.05) is 12.5 Å². The second kappa shape index (κ2) is 3.05. The Morgan fingerprint density at radius 3 is 2.25 bits per heavy atom. The van der Waals surface area contributed by atoms with Crippen molar-refractivity contribution in [1.29, 1.82) is 0 Å². The van der Waals surface area contributed by atoms with Crippen molar-refractivity contribution in [2.45, 2.75) is 13.8 Å². The smallest absolute Gasteiger partial charge is 0.0911 e. The zero-order chi connectivity index (χ0) is 6.62. The zero-order valence-corrected chi connectivity index (χ0v) is 5.64. The Kier molecular flexibility index (Phi) is 3.02. The van der Waals surface area contributed by atoms with E-state index in [1.54, 1.807) is 13.7 Å². The van der Waals surface area contributed by atoms with Crippen LogP contribution in [-0.2, 0) is 4.74 Å². The molecule has 49 valence electrons. The van der Waals surface area contributed by atoms with Crippen LogP contribution in [0.1, 0.15) is 13.8 Å². The van der Waals surface area contributed by atoms with Crippen LogP contribution in [0.4, 0.5) is 0 Å². The number of rotatable bonds is 3. The number of aliphatic hydroxyl groups is 1. The zero-order valence-electron chi connectivity index (χ0n) is 5.64. The molecule has 0 aromatic carbocycles. The molecule has 0 saturated carbocycles. The molecule has 0 amide bonds. The first-order chi connectivity index (χ1) is 3.62. The lowest BCUT2D eigenvalue weighted by atomic mass is 9.97. The van der Waals surface area contributed by atoms with E-state index >= 15 is 0 Å². The minimum atomic E-state index is -0.200. The first-order valence-corrected chi connectivity index (χ1v) is 2.60. The summed E-state index contributed by atoms with van der Waals surface area (Å²) in [6, 6.07) is 0. The summed E-state index contributed by atoms with van der Waals surface area (Å²) in [5.74, 6) is 0. The van der Waals surface area contributed by atoms with Gasteiger partial charge >= 0.3 is 0 Å². The lowest BCUT2D eigenvalue weighted by Gasteiger charge is -2.18. The van der Waals surface area contributed by atoms with E-state index < -0.39 is 0 Å². The Bertz CT molecular complexity index is 59.5. The fourth-order valence-electron chi connectivity index (χ4n) is 0.356. The molecule has 1 radical (unpaired) electrons. The normalized spacial score (nSPS) is 12.0. The Hall–Kier alpha value is -0.0800. The van der Waals surface area contributed by atoms with Gasteiger partial charge in [0.05, 0.1) is 13.2 Å². The summed E-state index contributed by atoms with van der Waals surface area (Å²) in [4.78, 5) is 0. The highest BCUT2D eigenvalue weighted by molar-refractivity contribution is 4.75. The fraction of sp³-hybridized carbons (Fsp3) is 0.833. The summed E-state index contributed by atoms with van der Waals surface area (Å²) < 4.78 is 4.71. The van der Waals surface area contributed by atoms with E-state index in [0.29, 0.717) is 0 Å². The fourth-order valence-corrected chi connectivity index (χ4v) is 0.356. The lowest BCUT2D eigenvalue weighted by Crippen LogP contribution is -2.17. The third-order valence-electron chi connectivity index (χ3n) is 0.844. The van der Waals surface area contributed by atoms with Gasteiger partial charge in [-0.15, -0.1) is 0 Å². The van der Waals surface area contributed by atoms with Crippen molar-refractivity contribution in [2.24, 2.45) is 5.41 Å². The minimum Gasteiger partial charge on any atom is -0.396 e. The van der Waals surface area contributed by atoms with E-state index in [1.807, 2.05) is 13.8 Å². The van der Waals surface area contributed by atoms with Crippen molar-refractivity contribution < 1.29 is 9.84 Å². The van der Waals surface area contributed by atoms with E-state index in [1.165, 1.54) is 0 Å². The number of aliphatic hydroxyl groups excluding tert-OH is 1. The molecular weight excluding hydrogens is 104 g/mol. The van der Waals surface area contributed by atoms with Crippen molar-refractivity contribution in [1.82, 2.24) is 0 Å². The highest BCUT2D eigenvalue weighted by Gasteiger charge is 2.15. The topological polar surface area (TPSA) is 29.5 Å². The molecule has 0 aliphatic heterocycles. The van der Waals surface area contributed by atoms with E-state index in [9.17, 15) is 0 Å². The molecule has 8 heavy (non-hydrogen) atoms. The number of methoxy groups -OCH3 is 1. The molecule has 0 atom stereocenters. The molecule has 0 saturated heterocycles. The van der Waals surface area contributed by atoms with Crippen molar-refractivity contribution >= 4 is 0 Å². The maximum atomic E-state index is 8.61. The second-order valence-corrected chi connectivity index (χ2v) is 2.50. The van der Waals surface area contributed by atoms with Gasteiger partial charge in [0.25, 0.3) is 0 Å². The summed E-state index contributed by atoms with van der Waals surface area (Å²) in [7, 11) is 1.58. The summed E-state index contributed by atoms with van der Waals surface area (Å²) in [6.07, 6.45) is 0. The van der Waals surface area contributed by atoms with Crippen LogP contribution >= 0.6 is 0 Å². The maximum absolute atomic E-state index is 8.61. The van der Waals surface area contributed by atoms with Crippen molar-refractivity contribution in [2.75, 3.05) is 13.7 Å². The summed E-state index contributed by atoms with van der Waals surface area (Å²) >= 11 is 0. The molecule has 0 spiro atoms. The van der Waals surface area contributed by atoms with E-state index in [0.717, 1.165) is 0 Å². The van der Waals surface area contributed by atoms with Gasteiger partial charge in [-0.05, 0) is 0 Å². The lowest BCUT2D eigenvalue weighted by molar-refractivity contribution is 0.110. The average Bonchev–Trinajstić information content (AvgIpc) is 1.67. The monoisotopic (exact) mass is 117 g/mol. The molecule has 0 heterocycles. The molecule has 2 heteroatoms. The summed E-state index contributed by atoms with van der Waals surface area (Å²) in [5.41, 5.74) is -0.200. The predicted octanol–water partition coefficient (Wildman–Crippen LogP) is 0.813. The Morgan fingerprint density at radius 2 is 2.12 bits per heavy atom. The number of hydrogen-bond acceptors (Lipinski definition) is 2. The first kappa shape index (κ1) is 7.92. The molecular formula is C6H13O2. The van der Waals surface area contributed by atoms with Gasteiger partial charge in [-0.1, -0.05) is 13.8 Å². The molecule has 1 N–H and O–H groups in total. The molecule has 0 fully saturated rings. The molecule has 0 unspecified atom stereocenters. The summed E-state index contributed by atoms with van der Waals surface area (Å²) in [5, 5.41) is 8.61. The van der Waals surface area contributed by atoms with Crippen LogP contribution in [0, 0.1) is 12.0 Å². The molecule has 2 nitrogen and oxygen atoms in total. The van der Waals surface area contributed by atoms with Gasteiger partial charge in [0.15, 0.2) is 0 Å². The Labute approximate surface area is 50.5 Å². The Balaban J connectivity index is 3.37. The van der Waals surface area contributed by atoms with Crippen LogP contribution in [-0.4, -0.2) is 18.8 Å².